The van der Waals surface area contributed by atoms with Crippen molar-refractivity contribution in [2.75, 3.05) is 4.90 Å². The summed E-state index contributed by atoms with van der Waals surface area (Å²) in [7, 11) is 0. The standard InChI is InChI=1S/C18H11Cl2FN2O4S/c19-9-2-4-13-17(16(9)20)22-14(28-13)7-23-10-3-1-8(21)5-11(10)27-12(18(23)26)6-15(24)25/h1-5,12H,6-7H2,(H,24,25). The minimum absolute atomic E-state index is 0.0598. The number of hydrogen-bond donors (Lipinski definition) is 1. The molecule has 3 aromatic rings. The monoisotopic (exact) mass is 440 g/mol. The summed E-state index contributed by atoms with van der Waals surface area (Å²) in [6.07, 6.45) is -1.79. The van der Waals surface area contributed by atoms with Crippen molar-refractivity contribution in [3.63, 3.8) is 0 Å². The first-order valence-electron chi connectivity index (χ1n) is 8.06. The van der Waals surface area contributed by atoms with E-state index in [-0.39, 0.29) is 12.3 Å². The lowest BCUT2D eigenvalue weighted by Gasteiger charge is -2.33. The predicted molar refractivity (Wildman–Crippen MR) is 104 cm³/mol. The van der Waals surface area contributed by atoms with Gasteiger partial charge in [0, 0.05) is 6.07 Å². The van der Waals surface area contributed by atoms with E-state index in [9.17, 15) is 14.0 Å². The summed E-state index contributed by atoms with van der Waals surface area (Å²) in [6, 6.07) is 7.18. The Morgan fingerprint density at radius 3 is 2.86 bits per heavy atom. The van der Waals surface area contributed by atoms with Gasteiger partial charge in [-0.05, 0) is 24.3 Å². The lowest BCUT2D eigenvalue weighted by molar-refractivity contribution is -0.142. The van der Waals surface area contributed by atoms with Gasteiger partial charge in [-0.2, -0.15) is 0 Å². The molecule has 144 valence electrons. The maximum Gasteiger partial charge on any atom is 0.307 e. The maximum atomic E-state index is 13.6. The number of anilines is 1. The molecule has 1 aliphatic heterocycles. The van der Waals surface area contributed by atoms with Gasteiger partial charge in [-0.1, -0.05) is 23.2 Å². The third-order valence-electron chi connectivity index (χ3n) is 4.17. The van der Waals surface area contributed by atoms with E-state index in [1.54, 1.807) is 12.1 Å². The Labute approximate surface area is 172 Å². The lowest BCUT2D eigenvalue weighted by atomic mass is 10.1. The fraction of sp³-hybridized carbons (Fsp3) is 0.167. The van der Waals surface area contributed by atoms with Crippen LogP contribution in [-0.2, 0) is 16.1 Å². The third-order valence-corrected chi connectivity index (χ3v) is 5.97. The largest absolute Gasteiger partial charge is 0.481 e. The van der Waals surface area contributed by atoms with Crippen molar-refractivity contribution >= 4 is 62.3 Å². The van der Waals surface area contributed by atoms with Crippen molar-refractivity contribution in [2.45, 2.75) is 19.1 Å². The van der Waals surface area contributed by atoms with Crippen LogP contribution in [0.4, 0.5) is 10.1 Å². The van der Waals surface area contributed by atoms with E-state index < -0.39 is 30.2 Å². The van der Waals surface area contributed by atoms with Gasteiger partial charge in [0.25, 0.3) is 5.91 Å². The number of ether oxygens (including phenoxy) is 1. The second-order valence-corrected chi connectivity index (χ2v) is 7.96. The van der Waals surface area contributed by atoms with Gasteiger partial charge in [0.15, 0.2) is 6.10 Å². The van der Waals surface area contributed by atoms with Crippen LogP contribution in [0.2, 0.25) is 10.0 Å². The van der Waals surface area contributed by atoms with Crippen molar-refractivity contribution in [1.82, 2.24) is 4.98 Å². The molecule has 10 heteroatoms. The van der Waals surface area contributed by atoms with E-state index >= 15 is 0 Å². The second kappa shape index (κ2) is 7.20. The smallest absolute Gasteiger partial charge is 0.307 e. The Hall–Kier alpha value is -2.42. The van der Waals surface area contributed by atoms with Crippen molar-refractivity contribution in [1.29, 1.82) is 0 Å². The van der Waals surface area contributed by atoms with Gasteiger partial charge in [0.2, 0.25) is 0 Å². The van der Waals surface area contributed by atoms with Crippen LogP contribution in [0, 0.1) is 5.82 Å². The van der Waals surface area contributed by atoms with Crippen LogP contribution in [0.15, 0.2) is 30.3 Å². The first kappa shape index (κ1) is 18.9. The number of aromatic nitrogens is 1. The van der Waals surface area contributed by atoms with Gasteiger partial charge in [0.05, 0.1) is 33.4 Å². The highest BCUT2D eigenvalue weighted by molar-refractivity contribution is 7.18. The number of hydrogen-bond acceptors (Lipinski definition) is 5. The van der Waals surface area contributed by atoms with E-state index in [0.29, 0.717) is 26.3 Å². The maximum absolute atomic E-state index is 13.6. The van der Waals surface area contributed by atoms with E-state index in [4.69, 9.17) is 33.0 Å². The Balaban J connectivity index is 1.74. The Bertz CT molecular complexity index is 1120. The summed E-state index contributed by atoms with van der Waals surface area (Å²) in [6.45, 7) is 0.0598. The molecule has 1 aromatic heterocycles. The molecule has 1 N–H and O–H groups in total. The SMILES string of the molecule is O=C(O)CC1Oc2cc(F)ccc2N(Cc2nc3c(Cl)c(Cl)ccc3s2)C1=O. The number of amides is 1. The van der Waals surface area contributed by atoms with E-state index in [1.165, 1.54) is 28.4 Å². The summed E-state index contributed by atoms with van der Waals surface area (Å²) in [5, 5.41) is 10.3. The number of rotatable bonds is 4. The molecule has 0 saturated carbocycles. The molecular weight excluding hydrogens is 430 g/mol. The molecule has 1 aliphatic rings. The number of thiazole rings is 1. The Morgan fingerprint density at radius 1 is 1.32 bits per heavy atom. The zero-order chi connectivity index (χ0) is 20.0. The highest BCUT2D eigenvalue weighted by atomic mass is 35.5. The van der Waals surface area contributed by atoms with Crippen molar-refractivity contribution in [2.24, 2.45) is 0 Å². The molecule has 0 spiro atoms. The minimum Gasteiger partial charge on any atom is -0.481 e. The molecule has 6 nitrogen and oxygen atoms in total. The van der Waals surface area contributed by atoms with Crippen LogP contribution < -0.4 is 9.64 Å². The average molecular weight is 441 g/mol. The van der Waals surface area contributed by atoms with Crippen LogP contribution in [0.3, 0.4) is 0 Å². The van der Waals surface area contributed by atoms with Gasteiger partial charge in [-0.15, -0.1) is 11.3 Å². The average Bonchev–Trinajstić information content (AvgIpc) is 3.05. The number of fused-ring (bicyclic) bond motifs is 2. The second-order valence-electron chi connectivity index (χ2n) is 6.06. The Kier molecular flexibility index (Phi) is 4.86. The number of halogens is 3. The zero-order valence-corrected chi connectivity index (χ0v) is 16.3. The van der Waals surface area contributed by atoms with Crippen LogP contribution in [-0.4, -0.2) is 28.1 Å². The molecule has 2 heterocycles. The van der Waals surface area contributed by atoms with Crippen molar-refractivity contribution in [3.8, 4) is 5.75 Å². The highest BCUT2D eigenvalue weighted by Crippen LogP contribution is 2.38. The Morgan fingerprint density at radius 2 is 2.11 bits per heavy atom. The molecule has 0 bridgehead atoms. The number of carboxylic acid groups (broad SMARTS) is 1. The molecule has 0 aliphatic carbocycles. The molecule has 2 aromatic carbocycles. The van der Waals surface area contributed by atoms with Crippen LogP contribution >= 0.6 is 34.5 Å². The quantitative estimate of drug-likeness (QED) is 0.645. The van der Waals surface area contributed by atoms with E-state index in [2.05, 4.69) is 4.98 Å². The van der Waals surface area contributed by atoms with Gasteiger partial charge < -0.3 is 9.84 Å². The number of carbonyl (C=O) groups is 2. The topological polar surface area (TPSA) is 79.7 Å². The molecule has 28 heavy (non-hydrogen) atoms. The molecular formula is C18H11Cl2FN2O4S. The highest BCUT2D eigenvalue weighted by Gasteiger charge is 2.36. The lowest BCUT2D eigenvalue weighted by Crippen LogP contribution is -2.46. The summed E-state index contributed by atoms with van der Waals surface area (Å²) in [5.41, 5.74) is 0.868. The van der Waals surface area contributed by atoms with E-state index in [1.807, 2.05) is 0 Å². The number of aliphatic carboxylic acids is 1. The van der Waals surface area contributed by atoms with Gasteiger partial charge in [-0.3, -0.25) is 14.5 Å². The van der Waals surface area contributed by atoms with Crippen LogP contribution in [0.5, 0.6) is 5.75 Å². The predicted octanol–water partition coefficient (Wildman–Crippen LogP) is 4.51. The first-order chi connectivity index (χ1) is 13.3. The van der Waals surface area contributed by atoms with Crippen molar-refractivity contribution in [3.05, 3.63) is 51.2 Å². The molecule has 1 unspecified atom stereocenters. The molecule has 0 fully saturated rings. The van der Waals surface area contributed by atoms with Crippen molar-refractivity contribution < 1.29 is 23.8 Å². The molecule has 4 rings (SSSR count). The van der Waals surface area contributed by atoms with Crippen LogP contribution in [0.25, 0.3) is 10.2 Å². The fourth-order valence-corrected chi connectivity index (χ4v) is 4.32. The van der Waals surface area contributed by atoms with Gasteiger partial charge in [0.1, 0.15) is 22.1 Å². The first-order valence-corrected chi connectivity index (χ1v) is 9.63. The molecule has 0 saturated heterocycles. The number of benzene rings is 2. The van der Waals surface area contributed by atoms with Crippen LogP contribution in [0.1, 0.15) is 11.4 Å². The third kappa shape index (κ3) is 3.39. The number of carboxylic acids is 1. The summed E-state index contributed by atoms with van der Waals surface area (Å²) in [5.74, 6) is -2.18. The van der Waals surface area contributed by atoms with Gasteiger partial charge in [-0.25, -0.2) is 9.37 Å². The zero-order valence-electron chi connectivity index (χ0n) is 14.0. The number of carbonyl (C=O) groups excluding carboxylic acids is 1. The number of nitrogens with zero attached hydrogens (tertiary/aromatic N) is 2. The molecule has 1 atom stereocenters. The minimum atomic E-state index is -1.25. The van der Waals surface area contributed by atoms with Gasteiger partial charge >= 0.3 is 5.97 Å². The normalized spacial score (nSPS) is 16.2. The summed E-state index contributed by atoms with van der Waals surface area (Å²) < 4.78 is 19.8. The molecule has 0 radical (unpaired) electrons. The molecule has 1 amide bonds. The summed E-state index contributed by atoms with van der Waals surface area (Å²) >= 11 is 13.5. The summed E-state index contributed by atoms with van der Waals surface area (Å²) in [4.78, 5) is 29.7. The fourth-order valence-electron chi connectivity index (χ4n) is 2.94. The van der Waals surface area contributed by atoms with E-state index in [0.717, 1.165) is 10.8 Å².